The molecule has 0 aromatic heterocycles. The first-order valence-electron chi connectivity index (χ1n) is 9.04. The zero-order valence-electron chi connectivity index (χ0n) is 16.3. The molecular formula is C22H22O7. The third kappa shape index (κ3) is 5.75. The van der Waals surface area contributed by atoms with E-state index >= 15 is 0 Å². The quantitative estimate of drug-likeness (QED) is 0.538. The summed E-state index contributed by atoms with van der Waals surface area (Å²) >= 11 is 0. The standard InChI is InChI=1S/C22H22O7/c1-13(21(26)29-15(3)22(27)28-14(2)20(24)25)17-10-7-11-18(12-17)19(23)16-8-5-4-6-9-16/h4-15H,1-3H3,(H,24,25)/t13-,14+,15+/m1/s1. The molecule has 0 aliphatic rings. The number of aliphatic carboxylic acids is 1. The molecule has 2 aromatic carbocycles. The Balaban J connectivity index is 2.07. The summed E-state index contributed by atoms with van der Waals surface area (Å²) in [7, 11) is 0. The molecule has 7 nitrogen and oxygen atoms in total. The molecule has 1 N–H and O–H groups in total. The van der Waals surface area contributed by atoms with Crippen LogP contribution in [0.5, 0.6) is 0 Å². The van der Waals surface area contributed by atoms with Crippen LogP contribution in [-0.2, 0) is 23.9 Å². The van der Waals surface area contributed by atoms with Crippen molar-refractivity contribution in [2.24, 2.45) is 0 Å². The molecule has 0 fully saturated rings. The molecule has 0 spiro atoms. The van der Waals surface area contributed by atoms with E-state index in [4.69, 9.17) is 14.6 Å². The van der Waals surface area contributed by atoms with Crippen molar-refractivity contribution in [3.05, 3.63) is 71.3 Å². The third-order valence-corrected chi connectivity index (χ3v) is 4.30. The van der Waals surface area contributed by atoms with Crippen molar-refractivity contribution in [2.75, 3.05) is 0 Å². The average Bonchev–Trinajstić information content (AvgIpc) is 2.73. The zero-order chi connectivity index (χ0) is 21.6. The van der Waals surface area contributed by atoms with Gasteiger partial charge in [0.2, 0.25) is 0 Å². The van der Waals surface area contributed by atoms with Gasteiger partial charge < -0.3 is 14.6 Å². The van der Waals surface area contributed by atoms with E-state index in [1.54, 1.807) is 55.5 Å². The molecule has 3 atom stereocenters. The maximum Gasteiger partial charge on any atom is 0.347 e. The minimum absolute atomic E-state index is 0.173. The van der Waals surface area contributed by atoms with Crippen molar-refractivity contribution in [3.63, 3.8) is 0 Å². The Kier molecular flexibility index (Phi) is 7.25. The van der Waals surface area contributed by atoms with E-state index in [0.29, 0.717) is 16.7 Å². The predicted molar refractivity (Wildman–Crippen MR) is 103 cm³/mol. The Morgan fingerprint density at radius 1 is 0.759 bits per heavy atom. The third-order valence-electron chi connectivity index (χ3n) is 4.30. The van der Waals surface area contributed by atoms with Gasteiger partial charge in [0.05, 0.1) is 5.92 Å². The molecule has 0 unspecified atom stereocenters. The maximum atomic E-state index is 12.6. The molecule has 0 saturated carbocycles. The van der Waals surface area contributed by atoms with E-state index in [0.717, 1.165) is 0 Å². The monoisotopic (exact) mass is 398 g/mol. The Labute approximate surface area is 168 Å². The number of hydrogen-bond acceptors (Lipinski definition) is 6. The fourth-order valence-electron chi connectivity index (χ4n) is 2.49. The van der Waals surface area contributed by atoms with Crippen LogP contribution in [0.3, 0.4) is 0 Å². The first-order valence-corrected chi connectivity index (χ1v) is 9.04. The molecule has 2 aromatic rings. The van der Waals surface area contributed by atoms with Crippen LogP contribution < -0.4 is 0 Å². The number of carboxylic acid groups (broad SMARTS) is 1. The summed E-state index contributed by atoms with van der Waals surface area (Å²) in [6.07, 6.45) is -2.61. The molecule has 0 heterocycles. The Morgan fingerprint density at radius 2 is 1.34 bits per heavy atom. The largest absolute Gasteiger partial charge is 0.479 e. The van der Waals surface area contributed by atoms with Gasteiger partial charge in [-0.3, -0.25) is 9.59 Å². The summed E-state index contributed by atoms with van der Waals surface area (Å²) in [6, 6.07) is 15.4. The lowest BCUT2D eigenvalue weighted by molar-refractivity contribution is -0.175. The van der Waals surface area contributed by atoms with E-state index in [9.17, 15) is 19.2 Å². The second-order valence-electron chi connectivity index (χ2n) is 6.54. The molecule has 0 aliphatic heterocycles. The van der Waals surface area contributed by atoms with Gasteiger partial charge in [-0.05, 0) is 32.4 Å². The molecule has 0 radical (unpaired) electrons. The fourth-order valence-corrected chi connectivity index (χ4v) is 2.49. The van der Waals surface area contributed by atoms with Crippen LogP contribution in [0.1, 0.15) is 48.2 Å². The normalized spacial score (nSPS) is 13.6. The highest BCUT2D eigenvalue weighted by molar-refractivity contribution is 6.09. The highest BCUT2D eigenvalue weighted by atomic mass is 16.6. The number of carboxylic acids is 1. The van der Waals surface area contributed by atoms with Gasteiger partial charge in [0.15, 0.2) is 18.0 Å². The van der Waals surface area contributed by atoms with Crippen LogP contribution in [-0.4, -0.2) is 41.0 Å². The van der Waals surface area contributed by atoms with Crippen molar-refractivity contribution in [2.45, 2.75) is 38.9 Å². The summed E-state index contributed by atoms with van der Waals surface area (Å²) in [5.74, 6) is -3.86. The topological polar surface area (TPSA) is 107 Å². The number of benzene rings is 2. The molecule has 7 heteroatoms. The number of ketones is 1. The first kappa shape index (κ1) is 21.8. The maximum absolute atomic E-state index is 12.6. The van der Waals surface area contributed by atoms with E-state index in [1.165, 1.54) is 13.8 Å². The van der Waals surface area contributed by atoms with Gasteiger partial charge in [-0.25, -0.2) is 9.59 Å². The smallest absolute Gasteiger partial charge is 0.347 e. The van der Waals surface area contributed by atoms with Gasteiger partial charge in [-0.15, -0.1) is 0 Å². The second kappa shape index (κ2) is 9.64. The predicted octanol–water partition coefficient (Wildman–Crippen LogP) is 2.97. The lowest BCUT2D eigenvalue weighted by Gasteiger charge is -2.18. The van der Waals surface area contributed by atoms with Crippen LogP contribution in [0, 0.1) is 0 Å². The zero-order valence-corrected chi connectivity index (χ0v) is 16.3. The molecule has 152 valence electrons. The molecule has 0 saturated heterocycles. The second-order valence-corrected chi connectivity index (χ2v) is 6.54. The van der Waals surface area contributed by atoms with Gasteiger partial charge in [0, 0.05) is 11.1 Å². The Morgan fingerprint density at radius 3 is 1.97 bits per heavy atom. The Hall–Kier alpha value is -3.48. The lowest BCUT2D eigenvalue weighted by Crippen LogP contribution is -2.33. The van der Waals surface area contributed by atoms with Crippen molar-refractivity contribution in [1.29, 1.82) is 0 Å². The number of hydrogen-bond donors (Lipinski definition) is 1. The van der Waals surface area contributed by atoms with E-state index in [1.807, 2.05) is 6.07 Å². The van der Waals surface area contributed by atoms with Crippen LogP contribution in [0.4, 0.5) is 0 Å². The molecule has 0 bridgehead atoms. The number of ether oxygens (including phenoxy) is 2. The van der Waals surface area contributed by atoms with Gasteiger partial charge in [0.1, 0.15) is 0 Å². The molecule has 29 heavy (non-hydrogen) atoms. The van der Waals surface area contributed by atoms with Crippen molar-refractivity contribution < 1.29 is 33.8 Å². The Bertz CT molecular complexity index is 904. The highest BCUT2D eigenvalue weighted by Gasteiger charge is 2.27. The average molecular weight is 398 g/mol. The van der Waals surface area contributed by atoms with Crippen LogP contribution in [0.2, 0.25) is 0 Å². The van der Waals surface area contributed by atoms with Gasteiger partial charge >= 0.3 is 17.9 Å². The van der Waals surface area contributed by atoms with Crippen LogP contribution >= 0.6 is 0 Å². The summed E-state index contributed by atoms with van der Waals surface area (Å²) < 4.78 is 9.80. The van der Waals surface area contributed by atoms with Crippen molar-refractivity contribution in [3.8, 4) is 0 Å². The van der Waals surface area contributed by atoms with Gasteiger partial charge in [0.25, 0.3) is 0 Å². The molecule has 0 aliphatic carbocycles. The minimum Gasteiger partial charge on any atom is -0.479 e. The van der Waals surface area contributed by atoms with Gasteiger partial charge in [-0.2, -0.15) is 0 Å². The number of esters is 2. The number of rotatable bonds is 8. The summed E-state index contributed by atoms with van der Waals surface area (Å²) in [6.45, 7) is 4.09. The minimum atomic E-state index is -1.35. The molecule has 2 rings (SSSR count). The SMILES string of the molecule is C[C@H](OC(=O)[C@H](C)OC(=O)[C@H](C)c1cccc(C(=O)c2ccccc2)c1)C(=O)O. The lowest BCUT2D eigenvalue weighted by atomic mass is 9.96. The summed E-state index contributed by atoms with van der Waals surface area (Å²) in [5, 5.41) is 8.77. The first-order chi connectivity index (χ1) is 13.7. The van der Waals surface area contributed by atoms with Crippen LogP contribution in [0.25, 0.3) is 0 Å². The van der Waals surface area contributed by atoms with Crippen molar-refractivity contribution >= 4 is 23.7 Å². The van der Waals surface area contributed by atoms with E-state index < -0.39 is 36.0 Å². The number of carbonyl (C=O) groups excluding carboxylic acids is 3. The fraction of sp³-hybridized carbons (Fsp3) is 0.273. The number of carbonyl (C=O) groups is 4. The van der Waals surface area contributed by atoms with Gasteiger partial charge in [-0.1, -0.05) is 48.5 Å². The summed E-state index contributed by atoms with van der Waals surface area (Å²) in [5.41, 5.74) is 1.51. The molecule has 0 amide bonds. The van der Waals surface area contributed by atoms with Crippen LogP contribution in [0.15, 0.2) is 54.6 Å². The van der Waals surface area contributed by atoms with Crippen molar-refractivity contribution in [1.82, 2.24) is 0 Å². The molecular weight excluding hydrogens is 376 g/mol. The summed E-state index contributed by atoms with van der Waals surface area (Å²) in [4.78, 5) is 47.6. The van der Waals surface area contributed by atoms with E-state index in [2.05, 4.69) is 0 Å². The van der Waals surface area contributed by atoms with E-state index in [-0.39, 0.29) is 5.78 Å². The highest BCUT2D eigenvalue weighted by Crippen LogP contribution is 2.21.